The molecular formula is C14H10F2OS. The molecule has 0 aliphatic carbocycles. The molecule has 0 spiro atoms. The standard InChI is InChI=1S/C14H10F2OS/c1-18-11-5-2-9(3-6-11)14(17)10-4-7-12(15)13(16)8-10/h2-8H,1H3. The maximum atomic E-state index is 13.0. The molecule has 1 nitrogen and oxygen atoms in total. The molecule has 92 valence electrons. The van der Waals surface area contributed by atoms with E-state index in [0.29, 0.717) is 5.56 Å². The van der Waals surface area contributed by atoms with E-state index in [4.69, 9.17) is 0 Å². The van der Waals surface area contributed by atoms with Crippen LogP contribution in [0.2, 0.25) is 0 Å². The number of hydrogen-bond acceptors (Lipinski definition) is 2. The molecule has 2 aromatic carbocycles. The average Bonchev–Trinajstić information content (AvgIpc) is 2.41. The molecular weight excluding hydrogens is 254 g/mol. The number of rotatable bonds is 3. The lowest BCUT2D eigenvalue weighted by Gasteiger charge is -2.03. The molecule has 4 heteroatoms. The summed E-state index contributed by atoms with van der Waals surface area (Å²) in [6, 6.07) is 10.1. The summed E-state index contributed by atoms with van der Waals surface area (Å²) in [6.45, 7) is 0. The summed E-state index contributed by atoms with van der Waals surface area (Å²) in [7, 11) is 0. The van der Waals surface area contributed by atoms with E-state index in [2.05, 4.69) is 0 Å². The molecule has 0 N–H and O–H groups in total. The zero-order valence-electron chi connectivity index (χ0n) is 9.61. The van der Waals surface area contributed by atoms with Gasteiger partial charge < -0.3 is 0 Å². The van der Waals surface area contributed by atoms with Crippen LogP contribution in [0.25, 0.3) is 0 Å². The molecule has 0 aliphatic heterocycles. The first kappa shape index (κ1) is 12.8. The van der Waals surface area contributed by atoms with Gasteiger partial charge >= 0.3 is 0 Å². The topological polar surface area (TPSA) is 17.1 Å². The van der Waals surface area contributed by atoms with E-state index >= 15 is 0 Å². The van der Waals surface area contributed by atoms with Crippen molar-refractivity contribution < 1.29 is 13.6 Å². The minimum Gasteiger partial charge on any atom is -0.289 e. The van der Waals surface area contributed by atoms with E-state index in [-0.39, 0.29) is 11.3 Å². The summed E-state index contributed by atoms with van der Waals surface area (Å²) in [5, 5.41) is 0. The van der Waals surface area contributed by atoms with Crippen molar-refractivity contribution in [1.29, 1.82) is 0 Å². The Bertz CT molecular complexity index is 579. The third-order valence-corrected chi connectivity index (χ3v) is 3.28. The predicted octanol–water partition coefficient (Wildman–Crippen LogP) is 3.92. The van der Waals surface area contributed by atoms with E-state index in [1.807, 2.05) is 18.4 Å². The maximum absolute atomic E-state index is 13.0. The maximum Gasteiger partial charge on any atom is 0.193 e. The third kappa shape index (κ3) is 2.59. The third-order valence-electron chi connectivity index (χ3n) is 2.53. The van der Waals surface area contributed by atoms with Crippen molar-refractivity contribution >= 4 is 17.5 Å². The van der Waals surface area contributed by atoms with Gasteiger partial charge in [-0.05, 0) is 48.7 Å². The second kappa shape index (κ2) is 5.31. The van der Waals surface area contributed by atoms with Gasteiger partial charge in [0.05, 0.1) is 0 Å². The van der Waals surface area contributed by atoms with Crippen LogP contribution in [0, 0.1) is 11.6 Å². The number of halogens is 2. The molecule has 2 aromatic rings. The molecule has 0 amide bonds. The van der Waals surface area contributed by atoms with E-state index in [9.17, 15) is 13.6 Å². The summed E-state index contributed by atoms with van der Waals surface area (Å²) >= 11 is 1.57. The smallest absolute Gasteiger partial charge is 0.193 e. The van der Waals surface area contributed by atoms with Gasteiger partial charge in [0.1, 0.15) is 0 Å². The van der Waals surface area contributed by atoms with Crippen LogP contribution in [-0.2, 0) is 0 Å². The quantitative estimate of drug-likeness (QED) is 0.617. The van der Waals surface area contributed by atoms with Crippen LogP contribution in [0.3, 0.4) is 0 Å². The number of carbonyl (C=O) groups excluding carboxylic acids is 1. The highest BCUT2D eigenvalue weighted by Crippen LogP contribution is 2.18. The Hall–Kier alpha value is -1.68. The van der Waals surface area contributed by atoms with Crippen LogP contribution < -0.4 is 0 Å². The number of thioether (sulfide) groups is 1. The van der Waals surface area contributed by atoms with Crippen molar-refractivity contribution in [2.24, 2.45) is 0 Å². The van der Waals surface area contributed by atoms with Gasteiger partial charge in [-0.3, -0.25) is 4.79 Å². The van der Waals surface area contributed by atoms with Gasteiger partial charge in [-0.2, -0.15) is 0 Å². The van der Waals surface area contributed by atoms with E-state index in [0.717, 1.165) is 17.0 Å². The first-order valence-electron chi connectivity index (χ1n) is 5.25. The van der Waals surface area contributed by atoms with Crippen LogP contribution in [0.1, 0.15) is 15.9 Å². The SMILES string of the molecule is CSc1ccc(C(=O)c2ccc(F)c(F)c2)cc1. The van der Waals surface area contributed by atoms with Gasteiger partial charge in [0, 0.05) is 16.0 Å². The van der Waals surface area contributed by atoms with Crippen LogP contribution in [0.4, 0.5) is 8.78 Å². The molecule has 0 saturated heterocycles. The van der Waals surface area contributed by atoms with Crippen molar-refractivity contribution in [2.75, 3.05) is 6.26 Å². The van der Waals surface area contributed by atoms with E-state index < -0.39 is 11.6 Å². The van der Waals surface area contributed by atoms with Gasteiger partial charge in [-0.1, -0.05) is 0 Å². The van der Waals surface area contributed by atoms with Crippen molar-refractivity contribution in [3.63, 3.8) is 0 Å². The highest BCUT2D eigenvalue weighted by atomic mass is 32.2. The molecule has 2 rings (SSSR count). The number of hydrogen-bond donors (Lipinski definition) is 0. The normalized spacial score (nSPS) is 10.4. The highest BCUT2D eigenvalue weighted by molar-refractivity contribution is 7.98. The molecule has 0 saturated carbocycles. The van der Waals surface area contributed by atoms with Crippen LogP contribution in [0.5, 0.6) is 0 Å². The van der Waals surface area contributed by atoms with Gasteiger partial charge in [0.2, 0.25) is 0 Å². The summed E-state index contributed by atoms with van der Waals surface area (Å²) < 4.78 is 25.8. The fourth-order valence-electron chi connectivity index (χ4n) is 1.55. The number of carbonyl (C=O) groups is 1. The van der Waals surface area contributed by atoms with Crippen LogP contribution >= 0.6 is 11.8 Å². The van der Waals surface area contributed by atoms with Crippen LogP contribution in [-0.4, -0.2) is 12.0 Å². The van der Waals surface area contributed by atoms with Crippen molar-refractivity contribution in [3.05, 3.63) is 65.2 Å². The number of benzene rings is 2. The predicted molar refractivity (Wildman–Crippen MR) is 68.0 cm³/mol. The molecule has 0 fully saturated rings. The van der Waals surface area contributed by atoms with Gasteiger partial charge in [0.15, 0.2) is 17.4 Å². The zero-order chi connectivity index (χ0) is 13.1. The molecule has 0 radical (unpaired) electrons. The first-order chi connectivity index (χ1) is 8.61. The lowest BCUT2D eigenvalue weighted by atomic mass is 10.0. The Morgan fingerprint density at radius 2 is 1.56 bits per heavy atom. The highest BCUT2D eigenvalue weighted by Gasteiger charge is 2.11. The minimum atomic E-state index is -1.01. The summed E-state index contributed by atoms with van der Waals surface area (Å²) in [5.41, 5.74) is 0.601. The molecule has 0 aromatic heterocycles. The summed E-state index contributed by atoms with van der Waals surface area (Å²) in [5.74, 6) is -2.28. The van der Waals surface area contributed by atoms with E-state index in [1.165, 1.54) is 6.07 Å². The second-order valence-electron chi connectivity index (χ2n) is 3.69. The number of ketones is 1. The Morgan fingerprint density at radius 3 is 2.11 bits per heavy atom. The average molecular weight is 264 g/mol. The molecule has 0 bridgehead atoms. The Labute approximate surface area is 108 Å². The lowest BCUT2D eigenvalue weighted by molar-refractivity contribution is 0.103. The fraction of sp³-hybridized carbons (Fsp3) is 0.0714. The molecule has 18 heavy (non-hydrogen) atoms. The van der Waals surface area contributed by atoms with Gasteiger partial charge in [-0.25, -0.2) is 8.78 Å². The van der Waals surface area contributed by atoms with Gasteiger partial charge in [-0.15, -0.1) is 11.8 Å². The van der Waals surface area contributed by atoms with Gasteiger partial charge in [0.25, 0.3) is 0 Å². The molecule has 0 unspecified atom stereocenters. The minimum absolute atomic E-state index is 0.144. The van der Waals surface area contributed by atoms with Crippen molar-refractivity contribution in [1.82, 2.24) is 0 Å². The zero-order valence-corrected chi connectivity index (χ0v) is 10.4. The molecule has 0 atom stereocenters. The Morgan fingerprint density at radius 1 is 0.944 bits per heavy atom. The monoisotopic (exact) mass is 264 g/mol. The van der Waals surface area contributed by atoms with E-state index in [1.54, 1.807) is 23.9 Å². The van der Waals surface area contributed by atoms with Crippen molar-refractivity contribution in [2.45, 2.75) is 4.90 Å². The Balaban J connectivity index is 2.32. The largest absolute Gasteiger partial charge is 0.289 e. The van der Waals surface area contributed by atoms with Crippen LogP contribution in [0.15, 0.2) is 47.4 Å². The molecule has 0 heterocycles. The Kier molecular flexibility index (Phi) is 3.77. The lowest BCUT2D eigenvalue weighted by Crippen LogP contribution is -2.02. The second-order valence-corrected chi connectivity index (χ2v) is 4.57. The summed E-state index contributed by atoms with van der Waals surface area (Å²) in [6.07, 6.45) is 1.94. The molecule has 0 aliphatic rings. The fourth-order valence-corrected chi connectivity index (χ4v) is 1.95. The van der Waals surface area contributed by atoms with Crippen molar-refractivity contribution in [3.8, 4) is 0 Å². The summed E-state index contributed by atoms with van der Waals surface area (Å²) in [4.78, 5) is 13.1. The first-order valence-corrected chi connectivity index (χ1v) is 6.48.